The molecule has 1 atom stereocenters. The van der Waals surface area contributed by atoms with Crippen LogP contribution in [0.5, 0.6) is 0 Å². The minimum atomic E-state index is 0.646. The van der Waals surface area contributed by atoms with Crippen LogP contribution in [0.25, 0.3) is 0 Å². The molecule has 0 radical (unpaired) electrons. The normalized spacial score (nSPS) is 18.2. The van der Waals surface area contributed by atoms with E-state index < -0.39 is 0 Å². The predicted octanol–water partition coefficient (Wildman–Crippen LogP) is 5.36. The molecule has 1 aliphatic heterocycles. The fourth-order valence-electron chi connectivity index (χ4n) is 2.96. The van der Waals surface area contributed by atoms with Gasteiger partial charge in [-0.25, -0.2) is 0 Å². The fourth-order valence-corrected chi connectivity index (χ4v) is 2.96. The van der Waals surface area contributed by atoms with Gasteiger partial charge < -0.3 is 9.80 Å². The van der Waals surface area contributed by atoms with Gasteiger partial charge in [-0.2, -0.15) is 0 Å². The van der Waals surface area contributed by atoms with Crippen molar-refractivity contribution in [2.75, 3.05) is 13.1 Å². The van der Waals surface area contributed by atoms with E-state index in [-0.39, 0.29) is 0 Å². The summed E-state index contributed by atoms with van der Waals surface area (Å²) in [5.41, 5.74) is 0. The SMILES string of the molecule is CCCCCCCN1C=CN(CCCC)C1CCCC. The molecule has 1 unspecified atom stereocenters. The topological polar surface area (TPSA) is 6.48 Å². The van der Waals surface area contributed by atoms with E-state index in [2.05, 4.69) is 43.0 Å². The van der Waals surface area contributed by atoms with Gasteiger partial charge in [0.05, 0.1) is 0 Å². The monoisotopic (exact) mass is 280 g/mol. The maximum absolute atomic E-state index is 2.59. The van der Waals surface area contributed by atoms with Crippen molar-refractivity contribution in [3.05, 3.63) is 12.4 Å². The van der Waals surface area contributed by atoms with Crippen molar-refractivity contribution < 1.29 is 0 Å². The Morgan fingerprint density at radius 3 is 1.80 bits per heavy atom. The van der Waals surface area contributed by atoms with Gasteiger partial charge in [-0.1, -0.05) is 59.3 Å². The van der Waals surface area contributed by atoms with E-state index in [0.717, 1.165) is 0 Å². The molecule has 0 N–H and O–H groups in total. The third-order valence-electron chi connectivity index (χ3n) is 4.32. The van der Waals surface area contributed by atoms with Gasteiger partial charge in [-0.15, -0.1) is 0 Å². The van der Waals surface area contributed by atoms with E-state index in [1.807, 2.05) is 0 Å². The number of hydrogen-bond acceptors (Lipinski definition) is 2. The molecule has 0 aromatic heterocycles. The summed E-state index contributed by atoms with van der Waals surface area (Å²) in [4.78, 5) is 5.17. The Morgan fingerprint density at radius 1 is 0.650 bits per heavy atom. The molecule has 0 aromatic rings. The molecule has 118 valence electrons. The molecule has 1 rings (SSSR count). The van der Waals surface area contributed by atoms with Crippen molar-refractivity contribution >= 4 is 0 Å². The first-order chi connectivity index (χ1) is 9.83. The number of hydrogen-bond donors (Lipinski definition) is 0. The van der Waals surface area contributed by atoms with Crippen molar-refractivity contribution in [2.24, 2.45) is 0 Å². The molecule has 0 amide bonds. The number of unbranched alkanes of at least 4 members (excludes halogenated alkanes) is 6. The Morgan fingerprint density at radius 2 is 1.20 bits per heavy atom. The van der Waals surface area contributed by atoms with E-state index in [4.69, 9.17) is 0 Å². The zero-order chi connectivity index (χ0) is 14.6. The van der Waals surface area contributed by atoms with Crippen molar-refractivity contribution in [3.63, 3.8) is 0 Å². The molecule has 0 spiro atoms. The molecule has 0 aromatic carbocycles. The molecule has 2 heteroatoms. The molecule has 0 fully saturated rings. The van der Waals surface area contributed by atoms with E-state index in [1.165, 1.54) is 77.3 Å². The minimum absolute atomic E-state index is 0.646. The molecular weight excluding hydrogens is 244 g/mol. The van der Waals surface area contributed by atoms with Gasteiger partial charge in [-0.3, -0.25) is 0 Å². The largest absolute Gasteiger partial charge is 0.356 e. The van der Waals surface area contributed by atoms with Crippen molar-refractivity contribution in [2.45, 2.75) is 91.1 Å². The lowest BCUT2D eigenvalue weighted by Gasteiger charge is -2.33. The lowest BCUT2D eigenvalue weighted by atomic mass is 10.1. The van der Waals surface area contributed by atoms with E-state index >= 15 is 0 Å². The Hall–Kier alpha value is -0.660. The first kappa shape index (κ1) is 17.4. The Balaban J connectivity index is 2.33. The van der Waals surface area contributed by atoms with Gasteiger partial charge in [0, 0.05) is 25.5 Å². The molecule has 0 saturated carbocycles. The van der Waals surface area contributed by atoms with Crippen LogP contribution in [0.2, 0.25) is 0 Å². The zero-order valence-electron chi connectivity index (χ0n) is 14.1. The fraction of sp³-hybridized carbons (Fsp3) is 0.889. The lowest BCUT2D eigenvalue weighted by molar-refractivity contribution is 0.137. The summed E-state index contributed by atoms with van der Waals surface area (Å²) in [6.07, 6.45) is 18.8. The van der Waals surface area contributed by atoms with Crippen molar-refractivity contribution in [1.82, 2.24) is 9.80 Å². The van der Waals surface area contributed by atoms with Crippen LogP contribution < -0.4 is 0 Å². The van der Waals surface area contributed by atoms with E-state index in [0.29, 0.717) is 6.17 Å². The van der Waals surface area contributed by atoms with Crippen LogP contribution >= 0.6 is 0 Å². The Bertz CT molecular complexity index is 250. The van der Waals surface area contributed by atoms with Gasteiger partial charge >= 0.3 is 0 Å². The zero-order valence-corrected chi connectivity index (χ0v) is 14.1. The van der Waals surface area contributed by atoms with Crippen LogP contribution in [-0.2, 0) is 0 Å². The van der Waals surface area contributed by atoms with Gasteiger partial charge in [0.25, 0.3) is 0 Å². The first-order valence-corrected chi connectivity index (χ1v) is 9.03. The van der Waals surface area contributed by atoms with E-state index in [1.54, 1.807) is 0 Å². The van der Waals surface area contributed by atoms with E-state index in [9.17, 15) is 0 Å². The highest BCUT2D eigenvalue weighted by Crippen LogP contribution is 2.22. The van der Waals surface area contributed by atoms with Gasteiger partial charge in [0.2, 0.25) is 0 Å². The number of rotatable bonds is 12. The van der Waals surface area contributed by atoms with Crippen molar-refractivity contribution in [3.8, 4) is 0 Å². The molecule has 1 aliphatic rings. The molecule has 2 nitrogen and oxygen atoms in total. The molecule has 20 heavy (non-hydrogen) atoms. The third-order valence-corrected chi connectivity index (χ3v) is 4.32. The van der Waals surface area contributed by atoms with Crippen LogP contribution in [-0.4, -0.2) is 29.1 Å². The smallest absolute Gasteiger partial charge is 0.101 e. The highest BCUT2D eigenvalue weighted by molar-refractivity contribution is 4.96. The summed E-state index contributed by atoms with van der Waals surface area (Å²) < 4.78 is 0. The van der Waals surface area contributed by atoms with Crippen LogP contribution in [0.3, 0.4) is 0 Å². The molecular formula is C18H36N2. The summed E-state index contributed by atoms with van der Waals surface area (Å²) in [5, 5.41) is 0. The molecule has 0 saturated heterocycles. The van der Waals surface area contributed by atoms with Gasteiger partial charge in [0.1, 0.15) is 6.17 Å². The molecule has 0 aliphatic carbocycles. The highest BCUT2D eigenvalue weighted by atomic mass is 15.4. The van der Waals surface area contributed by atoms with Crippen LogP contribution in [0.1, 0.15) is 85.0 Å². The van der Waals surface area contributed by atoms with Crippen molar-refractivity contribution in [1.29, 1.82) is 0 Å². The maximum atomic E-state index is 2.59. The second-order valence-corrected chi connectivity index (χ2v) is 6.16. The molecule has 1 heterocycles. The standard InChI is InChI=1S/C18H36N2/c1-4-7-10-11-12-15-20-17-16-19(14-9-6-3)18(20)13-8-5-2/h16-18H,4-15H2,1-3H3. The Kier molecular flexibility index (Phi) is 9.61. The Labute approximate surface area is 127 Å². The summed E-state index contributed by atoms with van der Waals surface area (Å²) in [5.74, 6) is 0. The predicted molar refractivity (Wildman–Crippen MR) is 89.5 cm³/mol. The van der Waals surface area contributed by atoms with Crippen LogP contribution in [0.15, 0.2) is 12.4 Å². The molecule has 0 bridgehead atoms. The average Bonchev–Trinajstić information content (AvgIpc) is 2.84. The quantitative estimate of drug-likeness (QED) is 0.444. The summed E-state index contributed by atoms with van der Waals surface area (Å²) in [6.45, 7) is 9.35. The first-order valence-electron chi connectivity index (χ1n) is 9.03. The third kappa shape index (κ3) is 6.19. The second-order valence-electron chi connectivity index (χ2n) is 6.16. The van der Waals surface area contributed by atoms with Crippen LogP contribution in [0, 0.1) is 0 Å². The minimum Gasteiger partial charge on any atom is -0.356 e. The lowest BCUT2D eigenvalue weighted by Crippen LogP contribution is -2.39. The highest BCUT2D eigenvalue weighted by Gasteiger charge is 2.24. The second kappa shape index (κ2) is 11.0. The summed E-state index contributed by atoms with van der Waals surface area (Å²) in [7, 11) is 0. The summed E-state index contributed by atoms with van der Waals surface area (Å²) >= 11 is 0. The van der Waals surface area contributed by atoms with Gasteiger partial charge in [0.15, 0.2) is 0 Å². The van der Waals surface area contributed by atoms with Crippen LogP contribution in [0.4, 0.5) is 0 Å². The summed E-state index contributed by atoms with van der Waals surface area (Å²) in [6, 6.07) is 0. The maximum Gasteiger partial charge on any atom is 0.101 e. The number of nitrogens with zero attached hydrogens (tertiary/aromatic N) is 2. The van der Waals surface area contributed by atoms with Gasteiger partial charge in [-0.05, 0) is 25.7 Å². The average molecular weight is 280 g/mol.